The van der Waals surface area contributed by atoms with Gasteiger partial charge in [0.25, 0.3) is 5.91 Å². The van der Waals surface area contributed by atoms with E-state index in [0.717, 1.165) is 50.7 Å². The first-order valence-electron chi connectivity index (χ1n) is 10.9. The molecule has 0 bridgehead atoms. The molecule has 158 valence electrons. The van der Waals surface area contributed by atoms with Crippen LogP contribution >= 0.6 is 0 Å². The normalized spacial score (nSPS) is 31.9. The molecular formula is C23H32N2O4. The molecule has 2 amide bonds. The summed E-state index contributed by atoms with van der Waals surface area (Å²) in [6.45, 7) is 5.71. The Morgan fingerprint density at radius 3 is 2.72 bits per heavy atom. The third-order valence-electron chi connectivity index (χ3n) is 6.63. The number of carbonyl (C=O) groups is 2. The van der Waals surface area contributed by atoms with E-state index in [9.17, 15) is 9.59 Å². The topological polar surface area (TPSA) is 67.9 Å². The molecule has 6 nitrogen and oxygen atoms in total. The second-order valence-corrected chi connectivity index (χ2v) is 8.88. The predicted octanol–water partition coefficient (Wildman–Crippen LogP) is 3.04. The zero-order chi connectivity index (χ0) is 20.4. The molecule has 2 saturated heterocycles. The lowest BCUT2D eigenvalue weighted by Gasteiger charge is -2.43. The molecule has 2 aliphatic heterocycles. The van der Waals surface area contributed by atoms with Crippen LogP contribution in [0.4, 0.5) is 0 Å². The average Bonchev–Trinajstić information content (AvgIpc) is 3.36. The summed E-state index contributed by atoms with van der Waals surface area (Å²) in [5.74, 6) is 0.363. The van der Waals surface area contributed by atoms with Crippen molar-refractivity contribution < 1.29 is 19.1 Å². The summed E-state index contributed by atoms with van der Waals surface area (Å²) in [4.78, 5) is 28.4. The van der Waals surface area contributed by atoms with E-state index in [1.807, 2.05) is 31.2 Å². The van der Waals surface area contributed by atoms with E-state index in [1.54, 1.807) is 4.90 Å². The van der Waals surface area contributed by atoms with Crippen molar-refractivity contribution in [2.75, 3.05) is 19.8 Å². The summed E-state index contributed by atoms with van der Waals surface area (Å²) in [6, 6.07) is 6.98. The first-order chi connectivity index (χ1) is 14.0. The molecule has 2 heterocycles. The number of amides is 2. The number of aryl methyl sites for hydroxylation is 1. The summed E-state index contributed by atoms with van der Waals surface area (Å²) in [6.07, 6.45) is 5.64. The van der Waals surface area contributed by atoms with Crippen LogP contribution < -0.4 is 5.32 Å². The number of hydrogen-bond acceptors (Lipinski definition) is 4. The maximum atomic E-state index is 13.6. The quantitative estimate of drug-likeness (QED) is 0.844. The molecule has 1 aromatic carbocycles. The average molecular weight is 401 g/mol. The fourth-order valence-electron chi connectivity index (χ4n) is 4.83. The van der Waals surface area contributed by atoms with Crippen LogP contribution in [0.15, 0.2) is 24.3 Å². The second kappa shape index (κ2) is 8.44. The Balaban J connectivity index is 1.56. The van der Waals surface area contributed by atoms with Crippen molar-refractivity contribution in [3.8, 4) is 0 Å². The lowest BCUT2D eigenvalue weighted by molar-refractivity contribution is -0.128. The third kappa shape index (κ3) is 4.19. The van der Waals surface area contributed by atoms with Crippen LogP contribution in [-0.4, -0.2) is 54.3 Å². The van der Waals surface area contributed by atoms with Crippen LogP contribution in [0.2, 0.25) is 0 Å². The van der Waals surface area contributed by atoms with Gasteiger partial charge in [0.05, 0.1) is 12.7 Å². The van der Waals surface area contributed by atoms with Crippen LogP contribution in [0.1, 0.15) is 61.4 Å². The van der Waals surface area contributed by atoms with E-state index in [0.29, 0.717) is 18.0 Å². The highest BCUT2D eigenvalue weighted by atomic mass is 16.5. The molecule has 3 aliphatic rings. The fraction of sp³-hybridized carbons (Fsp3) is 0.652. The molecular weight excluding hydrogens is 368 g/mol. The minimum atomic E-state index is -0.667. The standard InChI is InChI=1S/C23H32N2O4/c1-16-8-10-23(11-9-16)25(22(27)18-6-3-5-17(2)13-18)20(15-29-23)21(26)24-14-19-7-4-12-28-19/h3,5-6,13,16,19-20H,4,7-12,14-15H2,1-2H3,(H,24,26)/t16?,19-,20+,23?/m0/s1. The van der Waals surface area contributed by atoms with Crippen LogP contribution in [0.25, 0.3) is 0 Å². The van der Waals surface area contributed by atoms with Crippen LogP contribution in [0, 0.1) is 12.8 Å². The molecule has 1 spiro atoms. The van der Waals surface area contributed by atoms with Crippen molar-refractivity contribution in [2.45, 2.75) is 70.2 Å². The summed E-state index contributed by atoms with van der Waals surface area (Å²) in [5.41, 5.74) is 0.978. The van der Waals surface area contributed by atoms with Gasteiger partial charge in [0, 0.05) is 18.7 Å². The highest BCUT2D eigenvalue weighted by Gasteiger charge is 2.53. The first kappa shape index (κ1) is 20.4. The van der Waals surface area contributed by atoms with Gasteiger partial charge in [-0.2, -0.15) is 0 Å². The molecule has 6 heteroatoms. The minimum absolute atomic E-state index is 0.0756. The number of ether oxygens (including phenoxy) is 2. The maximum absolute atomic E-state index is 13.6. The zero-order valence-corrected chi connectivity index (χ0v) is 17.5. The number of carbonyl (C=O) groups excluding carboxylic acids is 2. The van der Waals surface area contributed by atoms with E-state index >= 15 is 0 Å². The molecule has 1 aromatic rings. The van der Waals surface area contributed by atoms with Gasteiger partial charge in [-0.05, 0) is 63.5 Å². The molecule has 29 heavy (non-hydrogen) atoms. The Labute approximate surface area is 172 Å². The van der Waals surface area contributed by atoms with Crippen LogP contribution in [-0.2, 0) is 14.3 Å². The molecule has 3 fully saturated rings. The van der Waals surface area contributed by atoms with Crippen molar-refractivity contribution in [1.29, 1.82) is 0 Å². The lowest BCUT2D eigenvalue weighted by atomic mass is 9.83. The number of hydrogen-bond donors (Lipinski definition) is 1. The second-order valence-electron chi connectivity index (χ2n) is 8.88. The largest absolute Gasteiger partial charge is 0.376 e. The Morgan fingerprint density at radius 1 is 1.24 bits per heavy atom. The number of rotatable bonds is 4. The Bertz CT molecular complexity index is 751. The number of benzene rings is 1. The summed E-state index contributed by atoms with van der Waals surface area (Å²) < 4.78 is 11.9. The molecule has 2 atom stereocenters. The summed E-state index contributed by atoms with van der Waals surface area (Å²) in [5, 5.41) is 3.01. The Kier molecular flexibility index (Phi) is 5.93. The Morgan fingerprint density at radius 2 is 2.03 bits per heavy atom. The maximum Gasteiger partial charge on any atom is 0.256 e. The monoisotopic (exact) mass is 400 g/mol. The zero-order valence-electron chi connectivity index (χ0n) is 17.5. The van der Waals surface area contributed by atoms with Crippen molar-refractivity contribution in [3.05, 3.63) is 35.4 Å². The SMILES string of the molecule is Cc1cccc(C(=O)N2[C@@H](C(=O)NC[C@@H]3CCCO3)COC23CCC(C)CC3)c1. The van der Waals surface area contributed by atoms with E-state index in [4.69, 9.17) is 9.47 Å². The van der Waals surface area contributed by atoms with Crippen molar-refractivity contribution in [3.63, 3.8) is 0 Å². The van der Waals surface area contributed by atoms with Gasteiger partial charge >= 0.3 is 0 Å². The van der Waals surface area contributed by atoms with Gasteiger partial charge in [0.2, 0.25) is 5.91 Å². The van der Waals surface area contributed by atoms with Gasteiger partial charge in [-0.3, -0.25) is 14.5 Å². The van der Waals surface area contributed by atoms with Gasteiger partial charge in [0.15, 0.2) is 0 Å². The molecule has 4 rings (SSSR count). The molecule has 0 aromatic heterocycles. The number of nitrogens with zero attached hydrogens (tertiary/aromatic N) is 1. The van der Waals surface area contributed by atoms with Crippen molar-refractivity contribution in [2.24, 2.45) is 5.92 Å². The summed E-state index contributed by atoms with van der Waals surface area (Å²) >= 11 is 0. The lowest BCUT2D eigenvalue weighted by Crippen LogP contribution is -2.57. The van der Waals surface area contributed by atoms with Gasteiger partial charge in [-0.25, -0.2) is 0 Å². The third-order valence-corrected chi connectivity index (χ3v) is 6.63. The van der Waals surface area contributed by atoms with E-state index in [1.165, 1.54) is 0 Å². The van der Waals surface area contributed by atoms with Crippen LogP contribution in [0.3, 0.4) is 0 Å². The highest BCUT2D eigenvalue weighted by molar-refractivity contribution is 5.98. The highest BCUT2D eigenvalue weighted by Crippen LogP contribution is 2.43. The molecule has 1 N–H and O–H groups in total. The molecule has 1 saturated carbocycles. The van der Waals surface area contributed by atoms with Gasteiger partial charge in [-0.1, -0.05) is 24.6 Å². The fourth-order valence-corrected chi connectivity index (χ4v) is 4.83. The van der Waals surface area contributed by atoms with Crippen molar-refractivity contribution in [1.82, 2.24) is 10.2 Å². The first-order valence-corrected chi connectivity index (χ1v) is 10.9. The molecule has 1 aliphatic carbocycles. The Hall–Kier alpha value is -1.92. The number of nitrogens with one attached hydrogen (secondary N) is 1. The smallest absolute Gasteiger partial charge is 0.256 e. The van der Waals surface area contributed by atoms with Gasteiger partial charge in [0.1, 0.15) is 11.8 Å². The molecule has 0 radical (unpaired) electrons. The minimum Gasteiger partial charge on any atom is -0.376 e. The predicted molar refractivity (Wildman–Crippen MR) is 109 cm³/mol. The van der Waals surface area contributed by atoms with Crippen molar-refractivity contribution >= 4 is 11.8 Å². The van der Waals surface area contributed by atoms with E-state index in [-0.39, 0.29) is 24.5 Å². The van der Waals surface area contributed by atoms with E-state index < -0.39 is 11.8 Å². The van der Waals surface area contributed by atoms with Gasteiger partial charge < -0.3 is 14.8 Å². The van der Waals surface area contributed by atoms with Crippen LogP contribution in [0.5, 0.6) is 0 Å². The van der Waals surface area contributed by atoms with E-state index in [2.05, 4.69) is 12.2 Å². The van der Waals surface area contributed by atoms with Gasteiger partial charge in [-0.15, -0.1) is 0 Å². The molecule has 0 unspecified atom stereocenters. The summed E-state index contributed by atoms with van der Waals surface area (Å²) in [7, 11) is 0.